The molecule has 2 aromatic carbocycles. The van der Waals surface area contributed by atoms with Crippen molar-refractivity contribution in [3.05, 3.63) is 99.4 Å². The standard InChI is InChI=1S/C24H19F3N2O2S/c1-28(14-16-7-3-2-4-8-16)21-20(19-11-6-12-32-19)22(30)29(23(21)31)15-17-9-5-10-18(13-17)24(25,26)27/h2-13H,14-15H2,1H3. The van der Waals surface area contributed by atoms with Gasteiger partial charge in [0.1, 0.15) is 5.70 Å². The van der Waals surface area contributed by atoms with Crippen LogP contribution in [0.1, 0.15) is 21.6 Å². The summed E-state index contributed by atoms with van der Waals surface area (Å²) in [7, 11) is 1.73. The van der Waals surface area contributed by atoms with Gasteiger partial charge in [-0.2, -0.15) is 13.2 Å². The second-order valence-corrected chi connectivity index (χ2v) is 8.38. The molecule has 0 atom stereocenters. The normalized spacial score (nSPS) is 14.4. The molecule has 0 bridgehead atoms. The highest BCUT2D eigenvalue weighted by molar-refractivity contribution is 7.11. The fourth-order valence-electron chi connectivity index (χ4n) is 3.67. The molecule has 2 amide bonds. The van der Waals surface area contributed by atoms with Gasteiger partial charge in [0.2, 0.25) is 0 Å². The molecule has 0 fully saturated rings. The number of rotatable bonds is 6. The van der Waals surface area contributed by atoms with Crippen molar-refractivity contribution in [3.8, 4) is 0 Å². The van der Waals surface area contributed by atoms with E-state index in [0.29, 0.717) is 11.4 Å². The number of halogens is 3. The Morgan fingerprint density at radius 2 is 1.62 bits per heavy atom. The molecule has 1 aliphatic rings. The van der Waals surface area contributed by atoms with Gasteiger partial charge in [0.05, 0.1) is 17.7 Å². The maximum atomic E-state index is 13.3. The lowest BCUT2D eigenvalue weighted by atomic mass is 10.1. The zero-order chi connectivity index (χ0) is 22.9. The summed E-state index contributed by atoms with van der Waals surface area (Å²) in [5.74, 6) is -1.03. The Morgan fingerprint density at radius 3 is 2.28 bits per heavy atom. The number of hydrogen-bond donors (Lipinski definition) is 0. The maximum absolute atomic E-state index is 13.3. The fraction of sp³-hybridized carbons (Fsp3) is 0.167. The number of amides is 2. The third kappa shape index (κ3) is 4.31. The van der Waals surface area contributed by atoms with Gasteiger partial charge in [-0.25, -0.2) is 0 Å². The number of likely N-dealkylation sites (N-methyl/N-ethyl adjacent to an activating group) is 1. The van der Waals surface area contributed by atoms with Crippen LogP contribution < -0.4 is 0 Å². The Bertz CT molecular complexity index is 1170. The van der Waals surface area contributed by atoms with Gasteiger partial charge in [-0.1, -0.05) is 48.5 Å². The molecule has 0 N–H and O–H groups in total. The Balaban J connectivity index is 1.67. The second-order valence-electron chi connectivity index (χ2n) is 7.44. The molecule has 32 heavy (non-hydrogen) atoms. The van der Waals surface area contributed by atoms with Crippen LogP contribution in [0, 0.1) is 0 Å². The zero-order valence-electron chi connectivity index (χ0n) is 17.1. The van der Waals surface area contributed by atoms with Gasteiger partial charge in [-0.05, 0) is 34.7 Å². The van der Waals surface area contributed by atoms with Crippen LogP contribution in [0.25, 0.3) is 5.57 Å². The molecule has 4 nitrogen and oxygen atoms in total. The molecule has 0 spiro atoms. The zero-order valence-corrected chi connectivity index (χ0v) is 17.9. The van der Waals surface area contributed by atoms with Crippen molar-refractivity contribution in [1.82, 2.24) is 9.80 Å². The van der Waals surface area contributed by atoms with Crippen molar-refractivity contribution in [2.75, 3.05) is 7.05 Å². The average Bonchev–Trinajstić information content (AvgIpc) is 3.36. The lowest BCUT2D eigenvalue weighted by Crippen LogP contribution is -2.33. The molecule has 1 aliphatic heterocycles. The van der Waals surface area contributed by atoms with Crippen LogP contribution in [0.2, 0.25) is 0 Å². The third-order valence-electron chi connectivity index (χ3n) is 5.15. The van der Waals surface area contributed by atoms with Crippen molar-refractivity contribution in [1.29, 1.82) is 0 Å². The summed E-state index contributed by atoms with van der Waals surface area (Å²) in [5.41, 5.74) is 0.897. The number of imide groups is 1. The van der Waals surface area contributed by atoms with E-state index in [1.165, 1.54) is 23.5 Å². The summed E-state index contributed by atoms with van der Waals surface area (Å²) in [4.78, 5) is 30.0. The first-order chi connectivity index (χ1) is 15.3. The second kappa shape index (κ2) is 8.63. The summed E-state index contributed by atoms with van der Waals surface area (Å²) in [5, 5.41) is 1.81. The number of carbonyl (C=O) groups excluding carboxylic acids is 2. The molecule has 3 aromatic rings. The van der Waals surface area contributed by atoms with Crippen molar-refractivity contribution >= 4 is 28.7 Å². The average molecular weight is 456 g/mol. The first kappa shape index (κ1) is 21.8. The van der Waals surface area contributed by atoms with Gasteiger partial charge in [0.15, 0.2) is 0 Å². The summed E-state index contributed by atoms with van der Waals surface area (Å²) < 4.78 is 39.3. The molecule has 164 valence electrons. The SMILES string of the molecule is CN(Cc1ccccc1)C1=C(c2cccs2)C(=O)N(Cc2cccc(C(F)(F)F)c2)C1=O. The van der Waals surface area contributed by atoms with Crippen LogP contribution >= 0.6 is 11.3 Å². The minimum atomic E-state index is -4.50. The summed E-state index contributed by atoms with van der Waals surface area (Å²) in [6.45, 7) is 0.167. The summed E-state index contributed by atoms with van der Waals surface area (Å²) >= 11 is 1.33. The van der Waals surface area contributed by atoms with E-state index in [0.717, 1.165) is 22.6 Å². The Kier molecular flexibility index (Phi) is 5.88. The minimum absolute atomic E-state index is 0.235. The molecule has 0 aliphatic carbocycles. The molecule has 2 heterocycles. The van der Waals surface area contributed by atoms with E-state index in [1.807, 2.05) is 35.7 Å². The number of thiophene rings is 1. The topological polar surface area (TPSA) is 40.6 Å². The Morgan fingerprint density at radius 1 is 0.906 bits per heavy atom. The van der Waals surface area contributed by atoms with Gasteiger partial charge in [-0.3, -0.25) is 14.5 Å². The number of carbonyl (C=O) groups is 2. The van der Waals surface area contributed by atoms with Crippen LogP contribution in [0.5, 0.6) is 0 Å². The lowest BCUT2D eigenvalue weighted by molar-refractivity contribution is -0.138. The number of hydrogen-bond acceptors (Lipinski definition) is 4. The first-order valence-electron chi connectivity index (χ1n) is 9.81. The monoisotopic (exact) mass is 456 g/mol. The van der Waals surface area contributed by atoms with E-state index in [1.54, 1.807) is 24.1 Å². The summed E-state index contributed by atoms with van der Waals surface area (Å²) in [6, 6.07) is 17.7. The predicted molar refractivity (Wildman–Crippen MR) is 116 cm³/mol. The highest BCUT2D eigenvalue weighted by Crippen LogP contribution is 2.35. The van der Waals surface area contributed by atoms with E-state index in [9.17, 15) is 22.8 Å². The Hall–Kier alpha value is -3.39. The van der Waals surface area contributed by atoms with Crippen molar-refractivity contribution in [3.63, 3.8) is 0 Å². The lowest BCUT2D eigenvalue weighted by Gasteiger charge is -2.21. The van der Waals surface area contributed by atoms with Gasteiger partial charge in [-0.15, -0.1) is 11.3 Å². The van der Waals surface area contributed by atoms with Crippen LogP contribution in [0.3, 0.4) is 0 Å². The first-order valence-corrected chi connectivity index (χ1v) is 10.7. The maximum Gasteiger partial charge on any atom is 0.416 e. The Labute approximate surface area is 187 Å². The van der Waals surface area contributed by atoms with Crippen molar-refractivity contribution in [2.24, 2.45) is 0 Å². The molecule has 0 unspecified atom stereocenters. The number of alkyl halides is 3. The predicted octanol–water partition coefficient (Wildman–Crippen LogP) is 5.18. The third-order valence-corrected chi connectivity index (χ3v) is 6.04. The van der Waals surface area contributed by atoms with E-state index < -0.39 is 23.6 Å². The number of nitrogens with zero attached hydrogens (tertiary/aromatic N) is 2. The van der Waals surface area contributed by atoms with E-state index >= 15 is 0 Å². The molecule has 0 saturated heterocycles. The molecule has 8 heteroatoms. The van der Waals surface area contributed by atoms with Gasteiger partial charge >= 0.3 is 6.18 Å². The van der Waals surface area contributed by atoms with Gasteiger partial charge < -0.3 is 4.90 Å². The molecule has 0 radical (unpaired) electrons. The number of benzene rings is 2. The largest absolute Gasteiger partial charge is 0.416 e. The molecular formula is C24H19F3N2O2S. The van der Waals surface area contributed by atoms with E-state index in [-0.39, 0.29) is 23.4 Å². The van der Waals surface area contributed by atoms with Crippen LogP contribution in [-0.4, -0.2) is 28.7 Å². The molecule has 0 saturated carbocycles. The summed E-state index contributed by atoms with van der Waals surface area (Å²) in [6.07, 6.45) is -4.50. The van der Waals surface area contributed by atoms with E-state index in [2.05, 4.69) is 0 Å². The highest BCUT2D eigenvalue weighted by atomic mass is 32.1. The van der Waals surface area contributed by atoms with Gasteiger partial charge in [0, 0.05) is 18.5 Å². The van der Waals surface area contributed by atoms with Gasteiger partial charge in [0.25, 0.3) is 11.8 Å². The van der Waals surface area contributed by atoms with Crippen LogP contribution in [-0.2, 0) is 28.9 Å². The quantitative estimate of drug-likeness (QED) is 0.480. The highest BCUT2D eigenvalue weighted by Gasteiger charge is 2.41. The van der Waals surface area contributed by atoms with Crippen molar-refractivity contribution in [2.45, 2.75) is 19.3 Å². The molecular weight excluding hydrogens is 437 g/mol. The van der Waals surface area contributed by atoms with Crippen molar-refractivity contribution < 1.29 is 22.8 Å². The molecule has 4 rings (SSSR count). The smallest absolute Gasteiger partial charge is 0.365 e. The molecule has 1 aromatic heterocycles. The van der Waals surface area contributed by atoms with Crippen LogP contribution in [0.15, 0.2) is 77.8 Å². The van der Waals surface area contributed by atoms with E-state index in [4.69, 9.17) is 0 Å². The minimum Gasteiger partial charge on any atom is -0.365 e. The fourth-order valence-corrected chi connectivity index (χ4v) is 4.43. The van der Waals surface area contributed by atoms with Crippen LogP contribution in [0.4, 0.5) is 13.2 Å².